The van der Waals surface area contributed by atoms with Crippen molar-refractivity contribution >= 4 is 55.7 Å². The van der Waals surface area contributed by atoms with E-state index in [4.69, 9.17) is 21.1 Å². The van der Waals surface area contributed by atoms with Crippen molar-refractivity contribution in [3.05, 3.63) is 81.9 Å². The van der Waals surface area contributed by atoms with E-state index in [0.717, 1.165) is 16.0 Å². The van der Waals surface area contributed by atoms with Crippen molar-refractivity contribution in [2.75, 3.05) is 12.0 Å². The van der Waals surface area contributed by atoms with Crippen LogP contribution in [0.1, 0.15) is 29.7 Å². The highest BCUT2D eigenvalue weighted by Crippen LogP contribution is 2.46. The van der Waals surface area contributed by atoms with E-state index >= 15 is 0 Å². The predicted octanol–water partition coefficient (Wildman–Crippen LogP) is 5.61. The number of aliphatic hydroxyl groups is 1. The SMILES string of the molecule is COc1cc(C2/C(=C(/O)c3ccc4c(c3)CC(C)O4)C(=O)C(=O)N2c2nc3ccc(Cl)cc3s2)ccc1O. The van der Waals surface area contributed by atoms with Crippen LogP contribution < -0.4 is 14.4 Å². The smallest absolute Gasteiger partial charge is 0.301 e. The first-order chi connectivity index (χ1) is 18.2. The Morgan fingerprint density at radius 3 is 2.76 bits per heavy atom. The molecule has 1 amide bonds. The van der Waals surface area contributed by atoms with Gasteiger partial charge in [0.2, 0.25) is 0 Å². The van der Waals surface area contributed by atoms with E-state index in [-0.39, 0.29) is 34.1 Å². The summed E-state index contributed by atoms with van der Waals surface area (Å²) in [7, 11) is 1.40. The van der Waals surface area contributed by atoms with Gasteiger partial charge >= 0.3 is 5.91 Å². The number of ketones is 1. The highest BCUT2D eigenvalue weighted by atomic mass is 35.5. The number of aliphatic hydroxyl groups excluding tert-OH is 1. The van der Waals surface area contributed by atoms with Crippen LogP contribution in [0, 0.1) is 0 Å². The van der Waals surface area contributed by atoms with Gasteiger partial charge in [-0.05, 0) is 66.6 Å². The normalized spacial score (nSPS) is 20.1. The molecule has 0 spiro atoms. The van der Waals surface area contributed by atoms with Crippen LogP contribution in [0.3, 0.4) is 0 Å². The average Bonchev–Trinajstić information content (AvgIpc) is 3.56. The van der Waals surface area contributed by atoms with Crippen molar-refractivity contribution in [3.8, 4) is 17.2 Å². The van der Waals surface area contributed by atoms with E-state index < -0.39 is 17.7 Å². The number of aromatic hydroxyl groups is 1. The van der Waals surface area contributed by atoms with Crippen molar-refractivity contribution in [1.29, 1.82) is 0 Å². The summed E-state index contributed by atoms with van der Waals surface area (Å²) in [6.07, 6.45) is 0.669. The molecule has 192 valence electrons. The number of fused-ring (bicyclic) bond motifs is 2. The molecule has 10 heteroatoms. The maximum Gasteiger partial charge on any atom is 0.301 e. The summed E-state index contributed by atoms with van der Waals surface area (Å²) < 4.78 is 11.8. The molecule has 1 aromatic heterocycles. The number of benzene rings is 3. The average molecular weight is 549 g/mol. The fourth-order valence-corrected chi connectivity index (χ4v) is 6.19. The largest absolute Gasteiger partial charge is 0.507 e. The molecule has 0 bridgehead atoms. The number of ether oxygens (including phenoxy) is 2. The van der Waals surface area contributed by atoms with E-state index in [9.17, 15) is 19.8 Å². The number of methoxy groups -OCH3 is 1. The summed E-state index contributed by atoms with van der Waals surface area (Å²) >= 11 is 7.36. The lowest BCUT2D eigenvalue weighted by Gasteiger charge is -2.23. The molecule has 2 aliphatic rings. The van der Waals surface area contributed by atoms with Gasteiger partial charge in [0.25, 0.3) is 5.78 Å². The van der Waals surface area contributed by atoms with E-state index in [1.165, 1.54) is 35.5 Å². The van der Waals surface area contributed by atoms with Crippen molar-refractivity contribution < 1.29 is 29.3 Å². The summed E-state index contributed by atoms with van der Waals surface area (Å²) in [4.78, 5) is 32.9. The Morgan fingerprint density at radius 2 is 1.97 bits per heavy atom. The fourth-order valence-electron chi connectivity index (χ4n) is 4.92. The molecule has 1 saturated heterocycles. The maximum atomic E-state index is 13.5. The molecule has 0 saturated carbocycles. The molecule has 38 heavy (non-hydrogen) atoms. The van der Waals surface area contributed by atoms with Gasteiger partial charge in [0.15, 0.2) is 16.6 Å². The highest BCUT2D eigenvalue weighted by molar-refractivity contribution is 7.22. The molecule has 2 N–H and O–H groups in total. The summed E-state index contributed by atoms with van der Waals surface area (Å²) in [5.41, 5.74) is 2.28. The molecule has 3 aromatic carbocycles. The summed E-state index contributed by atoms with van der Waals surface area (Å²) in [5.74, 6) is -1.20. The van der Waals surface area contributed by atoms with Gasteiger partial charge in [0.05, 0.1) is 28.9 Å². The highest BCUT2D eigenvalue weighted by Gasteiger charge is 2.48. The number of amides is 1. The first-order valence-electron chi connectivity index (χ1n) is 11.8. The van der Waals surface area contributed by atoms with Crippen LogP contribution in [0.4, 0.5) is 5.13 Å². The number of hydrogen-bond donors (Lipinski definition) is 2. The molecule has 2 unspecified atom stereocenters. The molecule has 4 aromatic rings. The second-order valence-electron chi connectivity index (χ2n) is 9.16. The Hall–Kier alpha value is -4.08. The van der Waals surface area contributed by atoms with Crippen LogP contribution in [0.15, 0.2) is 60.2 Å². The Labute approximate surface area is 226 Å². The minimum atomic E-state index is -1.02. The lowest BCUT2D eigenvalue weighted by atomic mass is 9.94. The lowest BCUT2D eigenvalue weighted by Crippen LogP contribution is -2.29. The number of nitrogens with zero attached hydrogens (tertiary/aromatic N) is 2. The number of Topliss-reactive ketones (excluding diaryl/α,β-unsaturated/α-hetero) is 1. The number of thiazole rings is 1. The van der Waals surface area contributed by atoms with Gasteiger partial charge in [-0.25, -0.2) is 4.98 Å². The first kappa shape index (κ1) is 24.3. The first-order valence-corrected chi connectivity index (χ1v) is 13.0. The Bertz CT molecular complexity index is 1680. The third kappa shape index (κ3) is 3.86. The van der Waals surface area contributed by atoms with E-state index in [2.05, 4.69) is 4.98 Å². The van der Waals surface area contributed by atoms with Crippen molar-refractivity contribution in [1.82, 2.24) is 4.98 Å². The third-order valence-corrected chi connectivity index (χ3v) is 7.93. The number of hydrogen-bond acceptors (Lipinski definition) is 8. The predicted molar refractivity (Wildman–Crippen MR) is 144 cm³/mol. The topological polar surface area (TPSA) is 109 Å². The number of phenols is 1. The number of anilines is 1. The molecule has 3 heterocycles. The van der Waals surface area contributed by atoms with Crippen LogP contribution in [0.25, 0.3) is 16.0 Å². The molecule has 6 rings (SSSR count). The van der Waals surface area contributed by atoms with E-state index in [1.807, 2.05) is 6.92 Å². The van der Waals surface area contributed by atoms with Crippen molar-refractivity contribution in [2.45, 2.75) is 25.5 Å². The minimum absolute atomic E-state index is 0.00461. The number of carbonyl (C=O) groups is 2. The minimum Gasteiger partial charge on any atom is -0.507 e. The molecule has 0 radical (unpaired) electrons. The molecule has 2 aliphatic heterocycles. The van der Waals surface area contributed by atoms with Gasteiger partial charge in [-0.2, -0.15) is 0 Å². The summed E-state index contributed by atoms with van der Waals surface area (Å²) in [6.45, 7) is 1.95. The lowest BCUT2D eigenvalue weighted by molar-refractivity contribution is -0.132. The second-order valence-corrected chi connectivity index (χ2v) is 10.6. The number of phenolic OH excluding ortho intramolecular Hbond substituents is 1. The Morgan fingerprint density at radius 1 is 1.16 bits per heavy atom. The summed E-state index contributed by atoms with van der Waals surface area (Å²) in [5, 5.41) is 22.5. The Balaban J connectivity index is 1.55. The summed E-state index contributed by atoms with van der Waals surface area (Å²) in [6, 6.07) is 13.9. The monoisotopic (exact) mass is 548 g/mol. The Kier molecular flexibility index (Phi) is 5.77. The van der Waals surface area contributed by atoms with Crippen LogP contribution >= 0.6 is 22.9 Å². The van der Waals surface area contributed by atoms with Gasteiger partial charge in [0.1, 0.15) is 17.6 Å². The molecule has 0 aliphatic carbocycles. The molecule has 8 nitrogen and oxygen atoms in total. The van der Waals surface area contributed by atoms with Gasteiger partial charge in [-0.15, -0.1) is 0 Å². The molecular weight excluding hydrogens is 528 g/mol. The quantitative estimate of drug-likeness (QED) is 0.194. The fraction of sp³-hybridized carbons (Fsp3) is 0.179. The van der Waals surface area contributed by atoms with Crippen molar-refractivity contribution in [2.24, 2.45) is 0 Å². The number of rotatable bonds is 4. The van der Waals surface area contributed by atoms with E-state index in [1.54, 1.807) is 42.5 Å². The van der Waals surface area contributed by atoms with Crippen LogP contribution in [0.5, 0.6) is 17.2 Å². The van der Waals surface area contributed by atoms with Crippen LogP contribution in [0.2, 0.25) is 5.02 Å². The van der Waals surface area contributed by atoms with E-state index in [0.29, 0.717) is 28.1 Å². The number of aromatic nitrogens is 1. The van der Waals surface area contributed by atoms with Crippen molar-refractivity contribution in [3.63, 3.8) is 0 Å². The van der Waals surface area contributed by atoms with Gasteiger partial charge in [-0.3, -0.25) is 14.5 Å². The maximum absolute atomic E-state index is 13.5. The zero-order valence-corrected chi connectivity index (χ0v) is 21.8. The molecule has 1 fully saturated rings. The van der Waals surface area contributed by atoms with Crippen LogP contribution in [-0.2, 0) is 16.0 Å². The van der Waals surface area contributed by atoms with Crippen LogP contribution in [-0.4, -0.2) is 40.1 Å². The van der Waals surface area contributed by atoms with Gasteiger partial charge < -0.3 is 19.7 Å². The second kappa shape index (κ2) is 9.04. The zero-order valence-electron chi connectivity index (χ0n) is 20.3. The van der Waals surface area contributed by atoms with Gasteiger partial charge in [-0.1, -0.05) is 29.0 Å². The molecular formula is C28H21ClN2O6S. The number of carbonyl (C=O) groups excluding carboxylic acids is 2. The molecule has 2 atom stereocenters. The zero-order chi connectivity index (χ0) is 26.7. The number of halogens is 1. The third-order valence-electron chi connectivity index (χ3n) is 6.68. The standard InChI is InChI=1S/C28H21ClN2O6S/c1-13-9-16-10-15(4-8-20(16)37-13)25(33)23-24(14-3-7-19(32)21(11-14)36-2)31(27(35)26(23)34)28-30-18-6-5-17(29)12-22(18)38-28/h3-8,10-13,24,32-33H,9H2,1-2H3/b25-23-. The van der Waals surface area contributed by atoms with Gasteiger partial charge in [0, 0.05) is 17.0 Å².